The Hall–Kier alpha value is -2.36. The molecule has 2 rings (SSSR count). The van der Waals surface area contributed by atoms with Crippen LogP contribution in [0.4, 0.5) is 14.5 Å². The van der Waals surface area contributed by atoms with Gasteiger partial charge in [-0.15, -0.1) is 6.58 Å². The van der Waals surface area contributed by atoms with E-state index in [1.807, 2.05) is 0 Å². The summed E-state index contributed by atoms with van der Waals surface area (Å²) < 4.78 is 51.3. The Bertz CT molecular complexity index is 872. The van der Waals surface area contributed by atoms with E-state index in [2.05, 4.69) is 11.6 Å². The second kappa shape index (κ2) is 6.17. The van der Waals surface area contributed by atoms with Crippen molar-refractivity contribution < 1.29 is 22.1 Å². The lowest BCUT2D eigenvalue weighted by atomic mass is 9.92. The SMILES string of the molecule is C=CCC1(CF)C(N)=NC(C)(c2cc([N+](=O)[O-])ccc2F)CS1(=O)=O. The number of benzene rings is 1. The molecule has 0 amide bonds. The standard InChI is InChI=1S/C15H17F2N3O4S/c1-3-6-15(8-16)13(18)19-14(2,9-25(15,23)24)11-7-10(20(21)22)4-5-12(11)17/h3-5,7H,1,6,8-9H2,2H3,(H2,18,19). The van der Waals surface area contributed by atoms with Crippen molar-refractivity contribution in [1.29, 1.82) is 0 Å². The molecule has 1 aliphatic heterocycles. The lowest BCUT2D eigenvalue weighted by Crippen LogP contribution is -2.59. The maximum absolute atomic E-state index is 14.2. The van der Waals surface area contributed by atoms with E-state index in [0.717, 1.165) is 18.2 Å². The molecule has 10 heteroatoms. The van der Waals surface area contributed by atoms with Crippen LogP contribution in [-0.4, -0.2) is 36.4 Å². The largest absolute Gasteiger partial charge is 0.386 e. The molecule has 2 atom stereocenters. The number of non-ortho nitro benzene ring substituents is 1. The monoisotopic (exact) mass is 373 g/mol. The number of aliphatic imine (C=N–C) groups is 1. The van der Waals surface area contributed by atoms with Crippen molar-refractivity contribution in [2.75, 3.05) is 12.4 Å². The van der Waals surface area contributed by atoms with Crippen molar-refractivity contribution in [2.24, 2.45) is 10.7 Å². The molecule has 0 saturated carbocycles. The summed E-state index contributed by atoms with van der Waals surface area (Å²) in [4.78, 5) is 14.2. The molecule has 1 aromatic carbocycles. The van der Waals surface area contributed by atoms with Crippen molar-refractivity contribution in [2.45, 2.75) is 23.6 Å². The van der Waals surface area contributed by atoms with E-state index >= 15 is 0 Å². The van der Waals surface area contributed by atoms with Crippen LogP contribution in [0.15, 0.2) is 35.8 Å². The van der Waals surface area contributed by atoms with Gasteiger partial charge in [-0.25, -0.2) is 17.2 Å². The van der Waals surface area contributed by atoms with Crippen LogP contribution in [0.25, 0.3) is 0 Å². The number of nitrogens with two attached hydrogens (primary N) is 1. The molecule has 25 heavy (non-hydrogen) atoms. The molecule has 0 fully saturated rings. The predicted octanol–water partition coefficient (Wildman–Crippen LogP) is 2.02. The average molecular weight is 373 g/mol. The smallest absolute Gasteiger partial charge is 0.270 e. The van der Waals surface area contributed by atoms with Gasteiger partial charge < -0.3 is 5.73 Å². The maximum Gasteiger partial charge on any atom is 0.270 e. The van der Waals surface area contributed by atoms with Crippen molar-refractivity contribution in [3.8, 4) is 0 Å². The fraction of sp³-hybridized carbons (Fsp3) is 0.400. The first kappa shape index (κ1) is 19.0. The van der Waals surface area contributed by atoms with Crippen molar-refractivity contribution >= 4 is 21.4 Å². The van der Waals surface area contributed by atoms with Crippen molar-refractivity contribution in [1.82, 2.24) is 0 Å². The number of nitrogens with zero attached hydrogens (tertiary/aromatic N) is 2. The first-order valence-corrected chi connectivity index (χ1v) is 8.87. The average Bonchev–Trinajstić information content (AvgIpc) is 2.50. The third kappa shape index (κ3) is 2.90. The third-order valence-corrected chi connectivity index (χ3v) is 6.95. The third-order valence-electron chi connectivity index (χ3n) is 4.33. The Morgan fingerprint density at radius 2 is 2.16 bits per heavy atom. The Balaban J connectivity index is 2.71. The van der Waals surface area contributed by atoms with Gasteiger partial charge in [0, 0.05) is 17.7 Å². The molecule has 0 bridgehead atoms. The minimum absolute atomic E-state index is 0.283. The number of alkyl halides is 1. The minimum Gasteiger partial charge on any atom is -0.386 e. The summed E-state index contributed by atoms with van der Waals surface area (Å²) in [7, 11) is -4.19. The number of amidine groups is 1. The summed E-state index contributed by atoms with van der Waals surface area (Å²) in [6.07, 6.45) is 0.935. The maximum atomic E-state index is 14.2. The van der Waals surface area contributed by atoms with Crippen LogP contribution in [-0.2, 0) is 15.4 Å². The molecule has 0 aliphatic carbocycles. The Kier molecular flexibility index (Phi) is 4.69. The molecule has 0 aromatic heterocycles. The summed E-state index contributed by atoms with van der Waals surface area (Å²) >= 11 is 0. The first-order chi connectivity index (χ1) is 11.5. The van der Waals surface area contributed by atoms with Crippen LogP contribution >= 0.6 is 0 Å². The number of allylic oxidation sites excluding steroid dienone is 1. The molecule has 2 N–H and O–H groups in total. The number of halogens is 2. The summed E-state index contributed by atoms with van der Waals surface area (Å²) in [6.45, 7) is 3.40. The number of nitro groups is 1. The van der Waals surface area contributed by atoms with Crippen LogP contribution in [0, 0.1) is 15.9 Å². The zero-order chi connectivity index (χ0) is 19.0. The van der Waals surface area contributed by atoms with Gasteiger partial charge in [-0.3, -0.25) is 15.1 Å². The quantitative estimate of drug-likeness (QED) is 0.481. The second-order valence-corrected chi connectivity index (χ2v) is 8.37. The highest BCUT2D eigenvalue weighted by Gasteiger charge is 2.54. The van der Waals surface area contributed by atoms with Gasteiger partial charge >= 0.3 is 0 Å². The van der Waals surface area contributed by atoms with Gasteiger partial charge in [-0.2, -0.15) is 0 Å². The van der Waals surface area contributed by atoms with Crippen LogP contribution in [0.3, 0.4) is 0 Å². The van der Waals surface area contributed by atoms with Crippen molar-refractivity contribution in [3.63, 3.8) is 0 Å². The van der Waals surface area contributed by atoms with E-state index in [1.54, 1.807) is 0 Å². The number of hydrogen-bond donors (Lipinski definition) is 1. The molecule has 2 unspecified atom stereocenters. The molecule has 1 heterocycles. The number of nitro benzene ring substituents is 1. The molecular formula is C15H17F2N3O4S. The normalized spacial score (nSPS) is 28.2. The van der Waals surface area contributed by atoms with Gasteiger partial charge in [-0.05, 0) is 19.4 Å². The van der Waals surface area contributed by atoms with Crippen LogP contribution < -0.4 is 5.73 Å². The van der Waals surface area contributed by atoms with Gasteiger partial charge in [0.25, 0.3) is 5.69 Å². The van der Waals surface area contributed by atoms with Gasteiger partial charge in [-0.1, -0.05) is 6.08 Å². The lowest BCUT2D eigenvalue weighted by molar-refractivity contribution is -0.385. The minimum atomic E-state index is -4.19. The van der Waals surface area contributed by atoms with Crippen LogP contribution in [0.1, 0.15) is 18.9 Å². The highest BCUT2D eigenvalue weighted by Crippen LogP contribution is 2.40. The summed E-state index contributed by atoms with van der Waals surface area (Å²) in [5.41, 5.74) is 3.35. The molecule has 1 aliphatic rings. The lowest BCUT2D eigenvalue weighted by Gasteiger charge is -2.39. The molecule has 7 nitrogen and oxygen atoms in total. The van der Waals surface area contributed by atoms with Gasteiger partial charge in [0.2, 0.25) is 0 Å². The summed E-state index contributed by atoms with van der Waals surface area (Å²) in [5, 5.41) is 10.9. The second-order valence-electron chi connectivity index (χ2n) is 6.07. The first-order valence-electron chi connectivity index (χ1n) is 7.22. The van der Waals surface area contributed by atoms with E-state index in [0.29, 0.717) is 0 Å². The fourth-order valence-electron chi connectivity index (χ4n) is 2.92. The number of rotatable bonds is 5. The Labute approximate surface area is 143 Å². The highest BCUT2D eigenvalue weighted by atomic mass is 32.2. The zero-order valence-corrected chi connectivity index (χ0v) is 14.2. The molecule has 136 valence electrons. The topological polar surface area (TPSA) is 116 Å². The van der Waals surface area contributed by atoms with E-state index in [-0.39, 0.29) is 12.0 Å². The number of sulfone groups is 1. The summed E-state index contributed by atoms with van der Waals surface area (Å²) in [5.74, 6) is -2.11. The van der Waals surface area contributed by atoms with Gasteiger partial charge in [0.1, 0.15) is 23.9 Å². The van der Waals surface area contributed by atoms with E-state index in [4.69, 9.17) is 5.73 Å². The van der Waals surface area contributed by atoms with Crippen LogP contribution in [0.2, 0.25) is 0 Å². The Morgan fingerprint density at radius 3 is 2.64 bits per heavy atom. The van der Waals surface area contributed by atoms with Gasteiger partial charge in [0.05, 0.1) is 10.7 Å². The number of hydrogen-bond acceptors (Lipinski definition) is 6. The zero-order valence-electron chi connectivity index (χ0n) is 13.4. The van der Waals surface area contributed by atoms with Crippen molar-refractivity contribution in [3.05, 3.63) is 52.3 Å². The molecular weight excluding hydrogens is 356 g/mol. The summed E-state index contributed by atoms with van der Waals surface area (Å²) in [6, 6.07) is 2.73. The van der Waals surface area contributed by atoms with E-state index in [1.165, 1.54) is 13.0 Å². The molecule has 0 spiro atoms. The Morgan fingerprint density at radius 1 is 1.52 bits per heavy atom. The van der Waals surface area contributed by atoms with E-state index < -0.39 is 54.8 Å². The van der Waals surface area contributed by atoms with Gasteiger partial charge in [0.15, 0.2) is 14.6 Å². The molecule has 0 saturated heterocycles. The van der Waals surface area contributed by atoms with E-state index in [9.17, 15) is 27.3 Å². The fourth-order valence-corrected chi connectivity index (χ4v) is 5.05. The molecule has 1 aromatic rings. The predicted molar refractivity (Wildman–Crippen MR) is 89.3 cm³/mol. The molecule has 0 radical (unpaired) electrons. The highest BCUT2D eigenvalue weighted by molar-refractivity contribution is 7.93. The van der Waals surface area contributed by atoms with Crippen LogP contribution in [0.5, 0.6) is 0 Å².